The monoisotopic (exact) mass is 297 g/mol. The molecule has 1 N–H and O–H groups in total. The highest BCUT2D eigenvalue weighted by Crippen LogP contribution is 2.26. The maximum atomic E-state index is 5.59. The minimum Gasteiger partial charge on any atom is -0.497 e. The predicted molar refractivity (Wildman–Crippen MR) is 84.4 cm³/mol. The fourth-order valence-electron chi connectivity index (χ4n) is 2.91. The number of benzene rings is 1. The molecule has 0 saturated carbocycles. The molecule has 0 unspecified atom stereocenters. The number of rotatable bonds is 2. The molecule has 4 rings (SSSR count). The number of ether oxygens (including phenoxy) is 1. The summed E-state index contributed by atoms with van der Waals surface area (Å²) in [6, 6.07) is 10.0. The van der Waals surface area contributed by atoms with Crippen molar-refractivity contribution < 1.29 is 4.74 Å². The van der Waals surface area contributed by atoms with E-state index in [0.29, 0.717) is 0 Å². The Kier molecular flexibility index (Phi) is 2.82. The van der Waals surface area contributed by atoms with Crippen molar-refractivity contribution in [2.45, 2.75) is 19.3 Å². The van der Waals surface area contributed by atoms with Crippen molar-refractivity contribution in [1.29, 1.82) is 0 Å². The number of nitrogens with one attached hydrogen (secondary N) is 1. The zero-order chi connectivity index (χ0) is 14.4. The number of H-pyrrole nitrogens is 1. The Balaban J connectivity index is 1.87. The van der Waals surface area contributed by atoms with Crippen molar-refractivity contribution in [1.82, 2.24) is 14.6 Å². The highest BCUT2D eigenvalue weighted by atomic mass is 32.1. The van der Waals surface area contributed by atoms with Gasteiger partial charge in [0.25, 0.3) is 0 Å². The second-order valence-corrected chi connectivity index (χ2v) is 5.67. The van der Waals surface area contributed by atoms with Crippen molar-refractivity contribution in [3.63, 3.8) is 0 Å². The van der Waals surface area contributed by atoms with Crippen LogP contribution in [0.4, 0.5) is 0 Å². The van der Waals surface area contributed by atoms with Crippen molar-refractivity contribution >= 4 is 17.9 Å². The summed E-state index contributed by atoms with van der Waals surface area (Å²) < 4.78 is 7.98. The first kappa shape index (κ1) is 12.6. The van der Waals surface area contributed by atoms with Crippen LogP contribution in [0.3, 0.4) is 0 Å². The van der Waals surface area contributed by atoms with Crippen LogP contribution in [-0.2, 0) is 12.8 Å². The molecule has 0 radical (unpaired) electrons. The van der Waals surface area contributed by atoms with Gasteiger partial charge in [0.1, 0.15) is 10.4 Å². The lowest BCUT2D eigenvalue weighted by Crippen LogP contribution is -1.99. The molecule has 0 amide bonds. The molecular formula is C16H15N3OS. The minimum absolute atomic E-state index is 0.851. The molecule has 0 spiro atoms. The second kappa shape index (κ2) is 4.70. The molecule has 0 fully saturated rings. The van der Waals surface area contributed by atoms with E-state index in [1.54, 1.807) is 7.11 Å². The Morgan fingerprint density at radius 1 is 1.24 bits per heavy atom. The first-order chi connectivity index (χ1) is 10.3. The molecule has 21 heavy (non-hydrogen) atoms. The van der Waals surface area contributed by atoms with Gasteiger partial charge in [-0.05, 0) is 49.1 Å². The van der Waals surface area contributed by atoms with E-state index in [1.165, 1.54) is 11.3 Å². The van der Waals surface area contributed by atoms with Gasteiger partial charge < -0.3 is 4.74 Å². The average Bonchev–Trinajstić information content (AvgIpc) is 3.14. The van der Waals surface area contributed by atoms with Crippen molar-refractivity contribution in [3.05, 3.63) is 46.2 Å². The summed E-state index contributed by atoms with van der Waals surface area (Å²) in [4.78, 5) is 4.74. The second-order valence-electron chi connectivity index (χ2n) is 5.29. The van der Waals surface area contributed by atoms with Crippen LogP contribution in [0.1, 0.15) is 17.7 Å². The van der Waals surface area contributed by atoms with Gasteiger partial charge in [0, 0.05) is 17.3 Å². The summed E-state index contributed by atoms with van der Waals surface area (Å²) in [5.74, 6) is 0.851. The van der Waals surface area contributed by atoms with E-state index in [0.717, 1.165) is 46.6 Å². The lowest BCUT2D eigenvalue weighted by molar-refractivity contribution is 0.415. The Labute approximate surface area is 127 Å². The summed E-state index contributed by atoms with van der Waals surface area (Å²) in [5.41, 5.74) is 5.40. The quantitative estimate of drug-likeness (QED) is 0.735. The molecule has 1 aromatic carbocycles. The molecule has 106 valence electrons. The largest absolute Gasteiger partial charge is 0.497 e. The van der Waals surface area contributed by atoms with Gasteiger partial charge in [-0.25, -0.2) is 9.50 Å². The van der Waals surface area contributed by atoms with E-state index in [9.17, 15) is 0 Å². The molecule has 0 aliphatic heterocycles. The summed E-state index contributed by atoms with van der Waals surface area (Å²) >= 11 is 5.59. The van der Waals surface area contributed by atoms with E-state index < -0.39 is 0 Å². The minimum atomic E-state index is 0.851. The first-order valence-corrected chi connectivity index (χ1v) is 7.45. The van der Waals surface area contributed by atoms with Crippen LogP contribution in [0.25, 0.3) is 16.9 Å². The van der Waals surface area contributed by atoms with Crippen LogP contribution in [-0.4, -0.2) is 21.7 Å². The van der Waals surface area contributed by atoms with Crippen LogP contribution in [0.15, 0.2) is 30.3 Å². The van der Waals surface area contributed by atoms with E-state index in [2.05, 4.69) is 11.2 Å². The Morgan fingerprint density at radius 2 is 2.05 bits per heavy atom. The summed E-state index contributed by atoms with van der Waals surface area (Å²) in [7, 11) is 1.67. The van der Waals surface area contributed by atoms with Gasteiger partial charge in [-0.2, -0.15) is 0 Å². The van der Waals surface area contributed by atoms with Crippen LogP contribution >= 0.6 is 12.2 Å². The smallest absolute Gasteiger partial charge is 0.155 e. The fraction of sp³-hybridized carbons (Fsp3) is 0.250. The molecule has 5 heteroatoms. The third-order valence-electron chi connectivity index (χ3n) is 4.04. The third kappa shape index (κ3) is 1.96. The Hall–Kier alpha value is -2.14. The highest BCUT2D eigenvalue weighted by Gasteiger charge is 2.17. The SMILES string of the molecule is COc1ccc(-c2cc3nc4c(c(=S)n3[nH]2)CCC4)cc1. The number of hydrogen-bond acceptors (Lipinski definition) is 3. The summed E-state index contributed by atoms with van der Waals surface area (Å²) in [6.45, 7) is 0. The van der Waals surface area contributed by atoms with Gasteiger partial charge in [-0.3, -0.25) is 5.10 Å². The van der Waals surface area contributed by atoms with E-state index >= 15 is 0 Å². The number of fused-ring (bicyclic) bond motifs is 2. The van der Waals surface area contributed by atoms with Crippen LogP contribution < -0.4 is 4.74 Å². The first-order valence-electron chi connectivity index (χ1n) is 7.04. The van der Waals surface area contributed by atoms with Crippen molar-refractivity contribution in [3.8, 4) is 17.0 Å². The number of aromatic amines is 1. The molecule has 0 atom stereocenters. The predicted octanol–water partition coefficient (Wildman–Crippen LogP) is 3.56. The number of nitrogens with zero attached hydrogens (tertiary/aromatic N) is 2. The molecule has 0 bridgehead atoms. The zero-order valence-electron chi connectivity index (χ0n) is 11.7. The van der Waals surface area contributed by atoms with Crippen LogP contribution in [0.2, 0.25) is 0 Å². The molecular weight excluding hydrogens is 282 g/mol. The molecule has 3 aromatic rings. The number of aryl methyl sites for hydroxylation is 1. The highest BCUT2D eigenvalue weighted by molar-refractivity contribution is 7.71. The molecule has 4 nitrogen and oxygen atoms in total. The maximum absolute atomic E-state index is 5.59. The van der Waals surface area contributed by atoms with Gasteiger partial charge >= 0.3 is 0 Å². The van der Waals surface area contributed by atoms with E-state index in [4.69, 9.17) is 21.9 Å². The fourth-order valence-corrected chi connectivity index (χ4v) is 3.27. The molecule has 0 saturated heterocycles. The lowest BCUT2D eigenvalue weighted by atomic mass is 10.1. The van der Waals surface area contributed by atoms with E-state index in [-0.39, 0.29) is 0 Å². The Bertz CT molecular complexity index is 877. The van der Waals surface area contributed by atoms with Gasteiger partial charge in [-0.1, -0.05) is 12.2 Å². The van der Waals surface area contributed by atoms with Crippen LogP contribution in [0.5, 0.6) is 5.75 Å². The summed E-state index contributed by atoms with van der Waals surface area (Å²) in [5, 5.41) is 3.36. The lowest BCUT2D eigenvalue weighted by Gasteiger charge is -2.02. The standard InChI is InChI=1S/C16H15N3OS/c1-20-11-7-5-10(6-8-11)14-9-15-17-13-4-2-3-12(13)16(21)19(15)18-14/h5-9,18H,2-4H2,1H3. The average molecular weight is 297 g/mol. The number of hydrogen-bond donors (Lipinski definition) is 1. The third-order valence-corrected chi connectivity index (χ3v) is 4.46. The van der Waals surface area contributed by atoms with Crippen molar-refractivity contribution in [2.75, 3.05) is 7.11 Å². The van der Waals surface area contributed by atoms with Gasteiger partial charge in [0.15, 0.2) is 5.65 Å². The topological polar surface area (TPSA) is 42.3 Å². The molecule has 2 aromatic heterocycles. The number of aromatic nitrogens is 3. The maximum Gasteiger partial charge on any atom is 0.155 e. The van der Waals surface area contributed by atoms with Gasteiger partial charge in [0.05, 0.1) is 12.8 Å². The molecule has 1 aliphatic carbocycles. The van der Waals surface area contributed by atoms with Crippen molar-refractivity contribution in [2.24, 2.45) is 0 Å². The van der Waals surface area contributed by atoms with Gasteiger partial charge in [-0.15, -0.1) is 0 Å². The summed E-state index contributed by atoms with van der Waals surface area (Å²) in [6.07, 6.45) is 3.24. The van der Waals surface area contributed by atoms with Gasteiger partial charge in [0.2, 0.25) is 0 Å². The van der Waals surface area contributed by atoms with E-state index in [1.807, 2.05) is 28.8 Å². The van der Waals surface area contributed by atoms with Crippen LogP contribution in [0, 0.1) is 4.64 Å². The number of methoxy groups -OCH3 is 1. The normalized spacial score (nSPS) is 13.6. The Morgan fingerprint density at radius 3 is 2.81 bits per heavy atom. The molecule has 1 aliphatic rings. The molecule has 2 heterocycles. The zero-order valence-corrected chi connectivity index (χ0v) is 12.5.